The third kappa shape index (κ3) is 4.67. The van der Waals surface area contributed by atoms with E-state index in [4.69, 9.17) is 11.6 Å². The van der Waals surface area contributed by atoms with Crippen LogP contribution in [0.3, 0.4) is 0 Å². The van der Waals surface area contributed by atoms with Crippen LogP contribution in [0, 0.1) is 0 Å². The number of carbonyl (C=O) groups is 1. The molecule has 2 aromatic carbocycles. The van der Waals surface area contributed by atoms with Crippen LogP contribution in [0.25, 0.3) is 16.6 Å². The highest BCUT2D eigenvalue weighted by Crippen LogP contribution is 2.35. The normalized spacial score (nSPS) is 11.6. The van der Waals surface area contributed by atoms with Crippen LogP contribution in [0.1, 0.15) is 15.2 Å². The van der Waals surface area contributed by atoms with Gasteiger partial charge in [0.05, 0.1) is 33.8 Å². The number of ether oxygens (including phenoxy) is 1. The number of rotatable bonds is 5. The molecule has 8 nitrogen and oxygen atoms in total. The van der Waals surface area contributed by atoms with Crippen molar-refractivity contribution in [3.8, 4) is 11.4 Å². The standard InChI is InChI=1S/C22H15ClF3N3O5S/c1-28(13-7-2-3-8-15(13)34-22(24,25)26)19(31)16-9-14(18(23)35-16)29-20(32)17-11(10-30)5-4-6-12(17)27-21(29)33/h2-9,30H,10H2,1H3,(H,27,33). The van der Waals surface area contributed by atoms with Gasteiger partial charge in [0, 0.05) is 7.05 Å². The quantitative estimate of drug-likeness (QED) is 0.409. The Morgan fingerprint density at radius 1 is 1.20 bits per heavy atom. The van der Waals surface area contributed by atoms with Gasteiger partial charge in [-0.25, -0.2) is 9.36 Å². The zero-order valence-electron chi connectivity index (χ0n) is 17.7. The number of hydrogen-bond acceptors (Lipinski definition) is 6. The van der Waals surface area contributed by atoms with E-state index in [1.807, 2.05) is 0 Å². The highest BCUT2D eigenvalue weighted by atomic mass is 35.5. The number of nitrogens with one attached hydrogen (secondary N) is 1. The van der Waals surface area contributed by atoms with Gasteiger partial charge < -0.3 is 19.7 Å². The molecule has 0 fully saturated rings. The third-order valence-electron chi connectivity index (χ3n) is 5.06. The van der Waals surface area contributed by atoms with E-state index >= 15 is 0 Å². The van der Waals surface area contributed by atoms with Gasteiger partial charge in [-0.1, -0.05) is 35.9 Å². The van der Waals surface area contributed by atoms with Crippen molar-refractivity contribution in [2.24, 2.45) is 0 Å². The number of benzene rings is 2. The highest BCUT2D eigenvalue weighted by molar-refractivity contribution is 7.18. The molecule has 2 aromatic heterocycles. The Morgan fingerprint density at radius 2 is 1.91 bits per heavy atom. The van der Waals surface area contributed by atoms with Gasteiger partial charge in [0.2, 0.25) is 0 Å². The molecule has 182 valence electrons. The fourth-order valence-corrected chi connectivity index (χ4v) is 4.75. The monoisotopic (exact) mass is 525 g/mol. The van der Waals surface area contributed by atoms with Gasteiger partial charge >= 0.3 is 12.1 Å². The zero-order valence-corrected chi connectivity index (χ0v) is 19.3. The van der Waals surface area contributed by atoms with Crippen molar-refractivity contribution >= 4 is 45.4 Å². The van der Waals surface area contributed by atoms with E-state index in [0.29, 0.717) is 0 Å². The van der Waals surface area contributed by atoms with Crippen LogP contribution >= 0.6 is 22.9 Å². The van der Waals surface area contributed by atoms with E-state index in [1.165, 1.54) is 43.4 Å². The number of nitrogens with zero attached hydrogens (tertiary/aromatic N) is 2. The Bertz CT molecular complexity index is 1560. The molecule has 0 saturated carbocycles. The van der Waals surface area contributed by atoms with Gasteiger partial charge in [0.25, 0.3) is 11.5 Å². The summed E-state index contributed by atoms with van der Waals surface area (Å²) in [4.78, 5) is 42.4. The van der Waals surface area contributed by atoms with E-state index in [9.17, 15) is 32.7 Å². The maximum absolute atomic E-state index is 13.2. The number of amides is 1. The number of aromatic nitrogens is 2. The second-order valence-electron chi connectivity index (χ2n) is 7.22. The minimum Gasteiger partial charge on any atom is -0.404 e. The molecular weight excluding hydrogens is 511 g/mol. The number of carbonyl (C=O) groups excluding carboxylic acids is 1. The summed E-state index contributed by atoms with van der Waals surface area (Å²) in [5, 5.41) is 9.66. The second-order valence-corrected chi connectivity index (χ2v) is 8.87. The summed E-state index contributed by atoms with van der Waals surface area (Å²) in [7, 11) is 1.25. The molecule has 0 spiro atoms. The summed E-state index contributed by atoms with van der Waals surface area (Å²) in [5.41, 5.74) is -1.34. The van der Waals surface area contributed by atoms with Gasteiger partial charge in [0.1, 0.15) is 4.34 Å². The molecule has 2 heterocycles. The predicted octanol–water partition coefficient (Wildman–Crippen LogP) is 4.06. The minimum atomic E-state index is -4.97. The lowest BCUT2D eigenvalue weighted by atomic mass is 10.1. The first-order valence-corrected chi connectivity index (χ1v) is 11.0. The topological polar surface area (TPSA) is 105 Å². The van der Waals surface area contributed by atoms with Gasteiger partial charge in [-0.3, -0.25) is 9.59 Å². The smallest absolute Gasteiger partial charge is 0.404 e. The van der Waals surface area contributed by atoms with E-state index in [1.54, 1.807) is 6.07 Å². The number of halogens is 4. The van der Waals surface area contributed by atoms with Crippen LogP contribution in [0.4, 0.5) is 18.9 Å². The zero-order chi connectivity index (χ0) is 25.5. The third-order valence-corrected chi connectivity index (χ3v) is 6.39. The molecule has 0 radical (unpaired) electrons. The summed E-state index contributed by atoms with van der Waals surface area (Å²) < 4.78 is 43.0. The Morgan fingerprint density at radius 3 is 2.60 bits per heavy atom. The highest BCUT2D eigenvalue weighted by Gasteiger charge is 2.33. The van der Waals surface area contributed by atoms with Crippen LogP contribution in [-0.4, -0.2) is 34.0 Å². The summed E-state index contributed by atoms with van der Waals surface area (Å²) in [6.45, 7) is -0.454. The van der Waals surface area contributed by atoms with E-state index in [-0.39, 0.29) is 37.1 Å². The van der Waals surface area contributed by atoms with Crippen LogP contribution in [0.5, 0.6) is 5.75 Å². The molecule has 0 aliphatic heterocycles. The number of hydrogen-bond donors (Lipinski definition) is 2. The van der Waals surface area contributed by atoms with E-state index in [0.717, 1.165) is 26.9 Å². The van der Waals surface area contributed by atoms with Crippen molar-refractivity contribution in [2.45, 2.75) is 13.0 Å². The molecule has 0 unspecified atom stereocenters. The lowest BCUT2D eigenvalue weighted by Crippen LogP contribution is -2.34. The first-order valence-electron chi connectivity index (χ1n) is 9.82. The average Bonchev–Trinajstić information content (AvgIpc) is 3.18. The van der Waals surface area contributed by atoms with Crippen LogP contribution < -0.4 is 20.9 Å². The van der Waals surface area contributed by atoms with Crippen molar-refractivity contribution in [1.29, 1.82) is 0 Å². The second kappa shape index (κ2) is 9.21. The minimum absolute atomic E-state index is 0.0452. The fraction of sp³-hybridized carbons (Fsp3) is 0.136. The lowest BCUT2D eigenvalue weighted by Gasteiger charge is -2.20. The number of alkyl halides is 3. The Hall–Kier alpha value is -3.61. The van der Waals surface area contributed by atoms with Crippen LogP contribution in [-0.2, 0) is 6.61 Å². The SMILES string of the molecule is CN(C(=O)c1cc(-n2c(=O)[nH]c3cccc(CO)c3c2=O)c(Cl)s1)c1ccccc1OC(F)(F)F. The fourth-order valence-electron chi connectivity index (χ4n) is 3.52. The van der Waals surface area contributed by atoms with Crippen molar-refractivity contribution in [1.82, 2.24) is 9.55 Å². The van der Waals surface area contributed by atoms with Gasteiger partial charge in [-0.15, -0.1) is 24.5 Å². The number of aliphatic hydroxyl groups is 1. The van der Waals surface area contributed by atoms with Gasteiger partial charge in [0.15, 0.2) is 5.75 Å². The Labute approximate surface area is 203 Å². The largest absolute Gasteiger partial charge is 0.573 e. The summed E-state index contributed by atoms with van der Waals surface area (Å²) in [6, 6.07) is 10.9. The molecule has 0 atom stereocenters. The van der Waals surface area contributed by atoms with Crippen molar-refractivity contribution < 1.29 is 27.8 Å². The molecule has 35 heavy (non-hydrogen) atoms. The molecule has 13 heteroatoms. The Balaban J connectivity index is 1.78. The van der Waals surface area contributed by atoms with Gasteiger partial charge in [-0.05, 0) is 29.8 Å². The number of para-hydroxylation sites is 2. The molecule has 2 N–H and O–H groups in total. The van der Waals surface area contributed by atoms with Crippen molar-refractivity contribution in [3.05, 3.63) is 84.1 Å². The van der Waals surface area contributed by atoms with Crippen molar-refractivity contribution in [3.63, 3.8) is 0 Å². The number of H-pyrrole nitrogens is 1. The molecule has 4 aromatic rings. The van der Waals surface area contributed by atoms with Crippen molar-refractivity contribution in [2.75, 3.05) is 11.9 Å². The van der Waals surface area contributed by atoms with Crippen LogP contribution in [0.2, 0.25) is 4.34 Å². The molecule has 0 aliphatic rings. The van der Waals surface area contributed by atoms with E-state index in [2.05, 4.69) is 9.72 Å². The first-order chi connectivity index (χ1) is 16.5. The molecule has 0 aliphatic carbocycles. The summed E-state index contributed by atoms with van der Waals surface area (Å²) >= 11 is 7.02. The summed E-state index contributed by atoms with van der Waals surface area (Å²) in [5.74, 6) is -1.33. The number of aromatic amines is 1. The van der Waals surface area contributed by atoms with Crippen LogP contribution in [0.15, 0.2) is 58.1 Å². The number of anilines is 1. The Kier molecular flexibility index (Phi) is 6.45. The van der Waals surface area contributed by atoms with E-state index < -0.39 is 35.9 Å². The molecule has 4 rings (SSSR count). The first kappa shape index (κ1) is 24.5. The molecule has 0 bridgehead atoms. The predicted molar refractivity (Wildman–Crippen MR) is 125 cm³/mol. The van der Waals surface area contributed by atoms with Gasteiger partial charge in [-0.2, -0.15) is 0 Å². The molecule has 1 amide bonds. The lowest BCUT2D eigenvalue weighted by molar-refractivity contribution is -0.274. The molecular formula is C22H15ClF3N3O5S. The number of thiophene rings is 1. The average molecular weight is 526 g/mol. The number of aliphatic hydroxyl groups excluding tert-OH is 1. The maximum Gasteiger partial charge on any atom is 0.573 e. The number of fused-ring (bicyclic) bond motifs is 1. The maximum atomic E-state index is 13.2. The molecule has 0 saturated heterocycles. The summed E-state index contributed by atoms with van der Waals surface area (Å²) in [6.07, 6.45) is -4.97.